The van der Waals surface area contributed by atoms with E-state index in [4.69, 9.17) is 18.9 Å². The Morgan fingerprint density at radius 2 is 1.33 bits per heavy atom. The Bertz CT molecular complexity index is 1010. The summed E-state index contributed by atoms with van der Waals surface area (Å²) in [5.74, 6) is 0. The average Bonchev–Trinajstić information content (AvgIpc) is 3.87. The van der Waals surface area contributed by atoms with Gasteiger partial charge >= 0.3 is 12.2 Å². The average molecular weight is 605 g/mol. The number of carbonyl (C=O) groups excluding carboxylic acids is 2. The second-order valence-electron chi connectivity index (χ2n) is 13.1. The molecule has 43 heavy (non-hydrogen) atoms. The largest absolute Gasteiger partial charge is 0.442 e. The van der Waals surface area contributed by atoms with Gasteiger partial charge in [0.2, 0.25) is 0 Å². The number of carbonyl (C=O) groups is 2. The number of amides is 2. The Morgan fingerprint density at radius 3 is 1.74 bits per heavy atom. The number of alkyl carbamates (subject to hydrolysis) is 2. The molecule has 10 heteroatoms. The minimum Gasteiger partial charge on any atom is -0.442 e. The molecule has 2 N–H and O–H groups in total. The molecule has 2 saturated heterocycles. The first kappa shape index (κ1) is 35.1. The highest BCUT2D eigenvalue weighted by molar-refractivity contribution is 5.69. The highest BCUT2D eigenvalue weighted by Crippen LogP contribution is 2.27. The van der Waals surface area contributed by atoms with Gasteiger partial charge in [0.15, 0.2) is 0 Å². The van der Waals surface area contributed by atoms with Gasteiger partial charge in [-0.15, -0.1) is 0 Å². The van der Waals surface area contributed by atoms with Gasteiger partial charge in [0.1, 0.15) is 12.2 Å². The van der Waals surface area contributed by atoms with Gasteiger partial charge in [-0.05, 0) is 58.6 Å². The highest BCUT2D eigenvalue weighted by Gasteiger charge is 2.34. The first-order valence-corrected chi connectivity index (χ1v) is 16.1. The molecular weight excluding hydrogens is 548 g/mol. The maximum absolute atomic E-state index is 13.0. The summed E-state index contributed by atoms with van der Waals surface area (Å²) < 4.78 is 23.2. The van der Waals surface area contributed by atoms with Crippen LogP contribution < -0.4 is 10.6 Å². The van der Waals surface area contributed by atoms with Crippen molar-refractivity contribution in [3.8, 4) is 0 Å². The maximum Gasteiger partial charge on any atom is 0.408 e. The van der Waals surface area contributed by atoms with Crippen molar-refractivity contribution in [2.45, 2.75) is 103 Å². The van der Waals surface area contributed by atoms with Crippen molar-refractivity contribution in [1.29, 1.82) is 0 Å². The zero-order valence-electron chi connectivity index (χ0n) is 27.6. The fourth-order valence-corrected chi connectivity index (χ4v) is 4.83. The van der Waals surface area contributed by atoms with Gasteiger partial charge in [-0.2, -0.15) is 0 Å². The predicted molar refractivity (Wildman–Crippen MR) is 168 cm³/mol. The fourth-order valence-electron chi connectivity index (χ4n) is 4.83. The van der Waals surface area contributed by atoms with Crippen LogP contribution in [-0.4, -0.2) is 99.4 Å². The highest BCUT2D eigenvalue weighted by atomic mass is 16.6. The van der Waals surface area contributed by atoms with Crippen LogP contribution in [0.4, 0.5) is 9.59 Å². The van der Waals surface area contributed by atoms with E-state index in [1.54, 1.807) is 0 Å². The number of rotatable bonds is 20. The number of unbranched alkanes of at least 4 members (excludes halogenated alkanes) is 2. The van der Waals surface area contributed by atoms with Gasteiger partial charge < -0.3 is 29.6 Å². The zero-order valence-corrected chi connectivity index (χ0v) is 27.6. The third-order valence-electron chi connectivity index (χ3n) is 8.00. The second kappa shape index (κ2) is 16.6. The molecule has 2 heterocycles. The number of nitrogens with one attached hydrogen (secondary N) is 2. The summed E-state index contributed by atoms with van der Waals surface area (Å²) in [6.45, 7) is 20.7. The van der Waals surface area contributed by atoms with Gasteiger partial charge in [0.25, 0.3) is 0 Å². The Labute approximate surface area is 259 Å². The van der Waals surface area contributed by atoms with Crippen LogP contribution in [0.1, 0.15) is 85.3 Å². The van der Waals surface area contributed by atoms with Crippen LogP contribution in [0, 0.1) is 0 Å². The molecule has 3 rings (SSSR count). The third kappa shape index (κ3) is 12.6. The topological polar surface area (TPSA) is 101 Å². The molecule has 2 aliphatic heterocycles. The van der Waals surface area contributed by atoms with E-state index in [1.165, 1.54) is 0 Å². The molecule has 4 atom stereocenters. The van der Waals surface area contributed by atoms with Crippen molar-refractivity contribution in [1.82, 2.24) is 20.4 Å². The molecule has 0 aromatic heterocycles. The van der Waals surface area contributed by atoms with Gasteiger partial charge in [-0.1, -0.05) is 51.0 Å². The normalized spacial score (nSPS) is 19.8. The van der Waals surface area contributed by atoms with E-state index in [-0.39, 0.29) is 12.2 Å². The zero-order chi connectivity index (χ0) is 31.5. The molecule has 1 aromatic carbocycles. The number of ether oxygens (including phenoxy) is 4. The lowest BCUT2D eigenvalue weighted by molar-refractivity contribution is 0.0100. The minimum absolute atomic E-state index is 0.323. The van der Waals surface area contributed by atoms with E-state index >= 15 is 0 Å². The predicted octanol–water partition coefficient (Wildman–Crippen LogP) is 5.00. The van der Waals surface area contributed by atoms with Crippen molar-refractivity contribution in [3.63, 3.8) is 0 Å². The molecular formula is C33H56N4O6. The van der Waals surface area contributed by atoms with Gasteiger partial charge in [0.05, 0.1) is 24.3 Å². The molecule has 2 amide bonds. The molecule has 10 nitrogen and oxygen atoms in total. The lowest BCUT2D eigenvalue weighted by atomic mass is 9.87. The summed E-state index contributed by atoms with van der Waals surface area (Å²) in [6, 6.07) is 8.39. The van der Waals surface area contributed by atoms with Crippen LogP contribution >= 0.6 is 0 Å². The second-order valence-corrected chi connectivity index (χ2v) is 13.1. The SMILES string of the molecule is CCCCOCC(CN1CC1)OC(=O)NC(C)(C)c1cccc(C(C)(C)NC(=O)OC(COCCCC)CN2CC2C)c1. The standard InChI is InChI=1S/C33H56N4O6/c1-8-10-17-40-23-28(21-36-15-16-36)42-30(38)34-32(4,5)26-13-12-14-27(19-26)33(6,7)35-31(39)43-29(22-37-20-25(37)3)24-41-18-11-9-2/h12-14,19,25,28-29H,8-11,15-18,20-24H2,1-7H3,(H,34,38)(H,35,39). The van der Waals surface area contributed by atoms with Crippen LogP contribution in [0.25, 0.3) is 0 Å². The molecule has 0 aliphatic carbocycles. The quantitative estimate of drug-likeness (QED) is 0.158. The molecule has 0 radical (unpaired) electrons. The van der Waals surface area contributed by atoms with Gasteiger partial charge in [-0.3, -0.25) is 9.80 Å². The Hall–Kier alpha value is -2.40. The summed E-state index contributed by atoms with van der Waals surface area (Å²) in [5.41, 5.74) is 0.353. The molecule has 0 bridgehead atoms. The first-order chi connectivity index (χ1) is 20.4. The lowest BCUT2D eigenvalue weighted by Crippen LogP contribution is -2.45. The summed E-state index contributed by atoms with van der Waals surface area (Å²) in [5, 5.41) is 6.08. The van der Waals surface area contributed by atoms with E-state index in [1.807, 2.05) is 52.0 Å². The molecule has 0 saturated carbocycles. The van der Waals surface area contributed by atoms with Gasteiger partial charge in [0, 0.05) is 52.0 Å². The van der Waals surface area contributed by atoms with E-state index in [0.29, 0.717) is 45.6 Å². The summed E-state index contributed by atoms with van der Waals surface area (Å²) >= 11 is 0. The molecule has 244 valence electrons. The van der Waals surface area contributed by atoms with Crippen LogP contribution in [0.3, 0.4) is 0 Å². The molecule has 1 aromatic rings. The number of benzene rings is 1. The van der Waals surface area contributed by atoms with Crippen LogP contribution in [0.5, 0.6) is 0 Å². The number of hydrogen-bond acceptors (Lipinski definition) is 8. The summed E-state index contributed by atoms with van der Waals surface area (Å²) in [4.78, 5) is 30.5. The smallest absolute Gasteiger partial charge is 0.408 e. The lowest BCUT2D eigenvalue weighted by Gasteiger charge is -2.31. The molecule has 0 spiro atoms. The van der Waals surface area contributed by atoms with Crippen LogP contribution in [-0.2, 0) is 30.0 Å². The summed E-state index contributed by atoms with van der Waals surface area (Å²) in [6.07, 6.45) is 2.48. The molecule has 2 aliphatic rings. The first-order valence-electron chi connectivity index (χ1n) is 16.1. The minimum atomic E-state index is -0.718. The Balaban J connectivity index is 1.57. The maximum atomic E-state index is 13.0. The monoisotopic (exact) mass is 604 g/mol. The van der Waals surface area contributed by atoms with Crippen molar-refractivity contribution >= 4 is 12.2 Å². The number of nitrogens with zero attached hydrogens (tertiary/aromatic N) is 2. The summed E-state index contributed by atoms with van der Waals surface area (Å²) in [7, 11) is 0. The fraction of sp³-hybridized carbons (Fsp3) is 0.758. The number of hydrogen-bond donors (Lipinski definition) is 2. The van der Waals surface area contributed by atoms with Crippen molar-refractivity contribution in [2.24, 2.45) is 0 Å². The molecule has 4 unspecified atom stereocenters. The Morgan fingerprint density at radius 1 is 0.860 bits per heavy atom. The van der Waals surface area contributed by atoms with E-state index in [2.05, 4.69) is 41.2 Å². The van der Waals surface area contributed by atoms with E-state index in [0.717, 1.165) is 56.4 Å². The van der Waals surface area contributed by atoms with Crippen molar-refractivity contribution in [3.05, 3.63) is 35.4 Å². The van der Waals surface area contributed by atoms with E-state index in [9.17, 15) is 9.59 Å². The third-order valence-corrected chi connectivity index (χ3v) is 8.00. The van der Waals surface area contributed by atoms with Gasteiger partial charge in [-0.25, -0.2) is 9.59 Å². The van der Waals surface area contributed by atoms with Crippen molar-refractivity contribution in [2.75, 3.05) is 59.2 Å². The molecule has 2 fully saturated rings. The van der Waals surface area contributed by atoms with Crippen LogP contribution in [0.15, 0.2) is 24.3 Å². The van der Waals surface area contributed by atoms with Crippen molar-refractivity contribution < 1.29 is 28.5 Å². The van der Waals surface area contributed by atoms with Crippen LogP contribution in [0.2, 0.25) is 0 Å². The van der Waals surface area contributed by atoms with E-state index < -0.39 is 23.3 Å². The Kier molecular flexibility index (Phi) is 13.6.